The molecule has 2 N–H and O–H groups in total. The molecule has 4 heteroatoms. The molecule has 0 spiro atoms. The standard InChI is InChI=1S/C16H24N2O2/c1-11(2)8-9-17-16(19)12(3)18-14-10-20-15-7-5-4-6-13(14)15/h4-7,11-12,14,18H,8-10H2,1-3H3,(H,17,19). The summed E-state index contributed by atoms with van der Waals surface area (Å²) in [5, 5.41) is 6.31. The monoisotopic (exact) mass is 276 g/mol. The highest BCUT2D eigenvalue weighted by molar-refractivity contribution is 5.81. The van der Waals surface area contributed by atoms with Gasteiger partial charge in [0.05, 0.1) is 12.1 Å². The van der Waals surface area contributed by atoms with E-state index in [2.05, 4.69) is 24.5 Å². The smallest absolute Gasteiger partial charge is 0.236 e. The van der Waals surface area contributed by atoms with Gasteiger partial charge in [0.15, 0.2) is 0 Å². The number of nitrogens with one attached hydrogen (secondary N) is 2. The summed E-state index contributed by atoms with van der Waals surface area (Å²) < 4.78 is 5.61. The molecule has 20 heavy (non-hydrogen) atoms. The average Bonchev–Trinajstić information content (AvgIpc) is 2.81. The number of amides is 1. The van der Waals surface area contributed by atoms with Gasteiger partial charge in [0, 0.05) is 12.1 Å². The first-order chi connectivity index (χ1) is 9.58. The van der Waals surface area contributed by atoms with Crippen LogP contribution < -0.4 is 15.4 Å². The van der Waals surface area contributed by atoms with Crippen molar-refractivity contribution in [3.63, 3.8) is 0 Å². The van der Waals surface area contributed by atoms with Crippen LogP contribution in [0.3, 0.4) is 0 Å². The lowest BCUT2D eigenvalue weighted by Gasteiger charge is -2.18. The van der Waals surface area contributed by atoms with Gasteiger partial charge in [-0.05, 0) is 25.3 Å². The lowest BCUT2D eigenvalue weighted by molar-refractivity contribution is -0.123. The Kier molecular flexibility index (Phi) is 5.01. The summed E-state index contributed by atoms with van der Waals surface area (Å²) in [6, 6.07) is 7.84. The Morgan fingerprint density at radius 3 is 2.85 bits per heavy atom. The van der Waals surface area contributed by atoms with E-state index in [0.29, 0.717) is 12.5 Å². The van der Waals surface area contributed by atoms with E-state index in [-0.39, 0.29) is 18.0 Å². The quantitative estimate of drug-likeness (QED) is 0.838. The molecule has 0 fully saturated rings. The minimum Gasteiger partial charge on any atom is -0.491 e. The highest BCUT2D eigenvalue weighted by Gasteiger charge is 2.26. The Labute approximate surface area is 120 Å². The molecule has 2 unspecified atom stereocenters. The molecule has 0 aliphatic carbocycles. The van der Waals surface area contributed by atoms with Gasteiger partial charge >= 0.3 is 0 Å². The number of benzene rings is 1. The summed E-state index contributed by atoms with van der Waals surface area (Å²) in [6.07, 6.45) is 1.01. The van der Waals surface area contributed by atoms with E-state index in [1.54, 1.807) is 0 Å². The van der Waals surface area contributed by atoms with E-state index in [1.165, 1.54) is 0 Å². The van der Waals surface area contributed by atoms with Gasteiger partial charge in [0.25, 0.3) is 0 Å². The highest BCUT2D eigenvalue weighted by Crippen LogP contribution is 2.31. The Balaban J connectivity index is 1.83. The number of hydrogen-bond donors (Lipinski definition) is 2. The minimum absolute atomic E-state index is 0.0510. The van der Waals surface area contributed by atoms with Crippen LogP contribution in [-0.2, 0) is 4.79 Å². The van der Waals surface area contributed by atoms with Gasteiger partial charge in [-0.25, -0.2) is 0 Å². The summed E-state index contributed by atoms with van der Waals surface area (Å²) in [6.45, 7) is 7.52. The molecule has 0 radical (unpaired) electrons. The summed E-state index contributed by atoms with van der Waals surface area (Å²) in [5.74, 6) is 1.57. The van der Waals surface area contributed by atoms with Crippen LogP contribution >= 0.6 is 0 Å². The molecule has 1 amide bonds. The van der Waals surface area contributed by atoms with Crippen molar-refractivity contribution in [2.24, 2.45) is 5.92 Å². The van der Waals surface area contributed by atoms with Gasteiger partial charge in [-0.1, -0.05) is 32.0 Å². The average molecular weight is 276 g/mol. The summed E-state index contributed by atoms with van der Waals surface area (Å²) >= 11 is 0. The maximum Gasteiger partial charge on any atom is 0.236 e. The molecule has 2 rings (SSSR count). The number of carbonyl (C=O) groups excluding carboxylic acids is 1. The molecule has 0 bridgehead atoms. The van der Waals surface area contributed by atoms with Crippen molar-refractivity contribution in [2.45, 2.75) is 39.3 Å². The van der Waals surface area contributed by atoms with Gasteiger partial charge in [0.1, 0.15) is 12.4 Å². The Bertz CT molecular complexity index is 460. The largest absolute Gasteiger partial charge is 0.491 e. The van der Waals surface area contributed by atoms with E-state index >= 15 is 0 Å². The van der Waals surface area contributed by atoms with Crippen LogP contribution in [0.1, 0.15) is 38.8 Å². The van der Waals surface area contributed by atoms with Crippen molar-refractivity contribution in [2.75, 3.05) is 13.2 Å². The zero-order valence-corrected chi connectivity index (χ0v) is 12.5. The number of ether oxygens (including phenoxy) is 1. The van der Waals surface area contributed by atoms with E-state index in [9.17, 15) is 4.79 Å². The van der Waals surface area contributed by atoms with E-state index in [4.69, 9.17) is 4.74 Å². The third-order valence-corrected chi connectivity index (χ3v) is 3.57. The predicted molar refractivity (Wildman–Crippen MR) is 79.7 cm³/mol. The second-order valence-electron chi connectivity index (χ2n) is 5.76. The lowest BCUT2D eigenvalue weighted by Crippen LogP contribution is -2.44. The molecule has 2 atom stereocenters. The van der Waals surface area contributed by atoms with Gasteiger partial charge in [0.2, 0.25) is 5.91 Å². The topological polar surface area (TPSA) is 50.4 Å². The molecule has 1 aromatic carbocycles. The second kappa shape index (κ2) is 6.75. The molecule has 110 valence electrons. The number of para-hydroxylation sites is 1. The SMILES string of the molecule is CC(C)CCNC(=O)C(C)NC1COc2ccccc21. The fraction of sp³-hybridized carbons (Fsp3) is 0.562. The maximum atomic E-state index is 12.0. The first-order valence-electron chi connectivity index (χ1n) is 7.33. The van der Waals surface area contributed by atoms with Gasteiger partial charge in [-0.3, -0.25) is 10.1 Å². The lowest BCUT2D eigenvalue weighted by atomic mass is 10.1. The van der Waals surface area contributed by atoms with E-state index < -0.39 is 0 Å². The summed E-state index contributed by atoms with van der Waals surface area (Å²) in [7, 11) is 0. The molecular formula is C16H24N2O2. The first kappa shape index (κ1) is 14.9. The van der Waals surface area contributed by atoms with Gasteiger partial charge in [-0.15, -0.1) is 0 Å². The first-order valence-corrected chi connectivity index (χ1v) is 7.33. The van der Waals surface area contributed by atoms with Gasteiger partial charge < -0.3 is 10.1 Å². The van der Waals surface area contributed by atoms with Crippen molar-refractivity contribution in [1.29, 1.82) is 0 Å². The third kappa shape index (κ3) is 3.73. The van der Waals surface area contributed by atoms with Crippen molar-refractivity contribution in [3.8, 4) is 5.75 Å². The Morgan fingerprint density at radius 2 is 2.10 bits per heavy atom. The van der Waals surface area contributed by atoms with Crippen LogP contribution in [0.2, 0.25) is 0 Å². The fourth-order valence-electron chi connectivity index (χ4n) is 2.32. The number of hydrogen-bond acceptors (Lipinski definition) is 3. The summed E-state index contributed by atoms with van der Waals surface area (Å²) in [4.78, 5) is 12.0. The highest BCUT2D eigenvalue weighted by atomic mass is 16.5. The zero-order chi connectivity index (χ0) is 14.5. The van der Waals surface area contributed by atoms with E-state index in [1.807, 2.05) is 31.2 Å². The van der Waals surface area contributed by atoms with E-state index in [0.717, 1.165) is 24.3 Å². The maximum absolute atomic E-state index is 12.0. The predicted octanol–water partition coefficient (Wildman–Crippen LogP) is 2.26. The number of rotatable bonds is 6. The van der Waals surface area contributed by atoms with Crippen molar-refractivity contribution >= 4 is 5.91 Å². The fourth-order valence-corrected chi connectivity index (χ4v) is 2.32. The molecule has 1 aliphatic heterocycles. The molecule has 0 saturated carbocycles. The molecule has 0 aromatic heterocycles. The Hall–Kier alpha value is -1.55. The molecule has 4 nitrogen and oxygen atoms in total. The van der Waals surface area contributed by atoms with Crippen molar-refractivity contribution in [1.82, 2.24) is 10.6 Å². The normalized spacial score (nSPS) is 18.5. The molecule has 0 saturated heterocycles. The van der Waals surface area contributed by atoms with Crippen molar-refractivity contribution < 1.29 is 9.53 Å². The molecular weight excluding hydrogens is 252 g/mol. The van der Waals surface area contributed by atoms with Crippen LogP contribution in [-0.4, -0.2) is 25.1 Å². The van der Waals surface area contributed by atoms with Crippen LogP contribution in [0.4, 0.5) is 0 Å². The van der Waals surface area contributed by atoms with Crippen LogP contribution in [0, 0.1) is 5.92 Å². The third-order valence-electron chi connectivity index (χ3n) is 3.57. The van der Waals surface area contributed by atoms with Crippen LogP contribution in [0.25, 0.3) is 0 Å². The zero-order valence-electron chi connectivity index (χ0n) is 12.5. The number of carbonyl (C=O) groups is 1. The molecule has 1 aliphatic rings. The summed E-state index contributed by atoms with van der Waals surface area (Å²) in [5.41, 5.74) is 1.13. The molecule has 1 heterocycles. The van der Waals surface area contributed by atoms with Crippen LogP contribution in [0.5, 0.6) is 5.75 Å². The molecule has 1 aromatic rings. The second-order valence-corrected chi connectivity index (χ2v) is 5.76. The number of fused-ring (bicyclic) bond motifs is 1. The van der Waals surface area contributed by atoms with Crippen molar-refractivity contribution in [3.05, 3.63) is 29.8 Å². The van der Waals surface area contributed by atoms with Crippen LogP contribution in [0.15, 0.2) is 24.3 Å². The minimum atomic E-state index is -0.220. The van der Waals surface area contributed by atoms with Gasteiger partial charge in [-0.2, -0.15) is 0 Å². The Morgan fingerprint density at radius 1 is 1.35 bits per heavy atom.